The number of carbonyl (C=O) groups excluding carboxylic acids is 1. The third kappa shape index (κ3) is 3.19. The highest BCUT2D eigenvalue weighted by atomic mass is 16.2. The molecule has 0 aliphatic carbocycles. The van der Waals surface area contributed by atoms with E-state index >= 15 is 0 Å². The Bertz CT molecular complexity index is 787. The molecule has 0 unspecified atom stereocenters. The summed E-state index contributed by atoms with van der Waals surface area (Å²) in [4.78, 5) is 34.4. The first-order chi connectivity index (χ1) is 9.88. The first-order valence-corrected chi connectivity index (χ1v) is 6.31. The predicted octanol–water partition coefficient (Wildman–Crippen LogP) is 0.136. The van der Waals surface area contributed by atoms with Crippen molar-refractivity contribution < 1.29 is 4.79 Å². The molecule has 0 spiro atoms. The number of nitrogens with zero attached hydrogens (tertiary/aromatic N) is 2. The summed E-state index contributed by atoms with van der Waals surface area (Å²) in [6, 6.07) is 8.25. The SMILES string of the molecule is CC(=O)Nc1ccc(Cn2c(N)cc(=O)n(C)c2=O)cc1. The van der Waals surface area contributed by atoms with E-state index in [2.05, 4.69) is 5.32 Å². The average Bonchev–Trinajstić information content (AvgIpc) is 2.42. The molecule has 7 nitrogen and oxygen atoms in total. The maximum atomic E-state index is 12.0. The van der Waals surface area contributed by atoms with Crippen molar-refractivity contribution >= 4 is 17.4 Å². The molecule has 0 radical (unpaired) electrons. The molecular weight excluding hydrogens is 272 g/mol. The first kappa shape index (κ1) is 14.6. The van der Waals surface area contributed by atoms with Gasteiger partial charge in [-0.15, -0.1) is 0 Å². The molecule has 0 fully saturated rings. The molecule has 1 heterocycles. The topological polar surface area (TPSA) is 99.1 Å². The maximum Gasteiger partial charge on any atom is 0.332 e. The van der Waals surface area contributed by atoms with Crippen molar-refractivity contribution in [1.82, 2.24) is 9.13 Å². The lowest BCUT2D eigenvalue weighted by molar-refractivity contribution is -0.114. The minimum atomic E-state index is -0.467. The van der Waals surface area contributed by atoms with Crippen molar-refractivity contribution in [2.75, 3.05) is 11.1 Å². The van der Waals surface area contributed by atoms with E-state index < -0.39 is 11.2 Å². The highest BCUT2D eigenvalue weighted by molar-refractivity contribution is 5.88. The Labute approximate surface area is 120 Å². The number of nitrogens with one attached hydrogen (secondary N) is 1. The van der Waals surface area contributed by atoms with Crippen LogP contribution < -0.4 is 22.3 Å². The zero-order valence-electron chi connectivity index (χ0n) is 11.8. The van der Waals surface area contributed by atoms with Gasteiger partial charge in [-0.25, -0.2) is 4.79 Å². The molecule has 0 aliphatic heterocycles. The van der Waals surface area contributed by atoms with Crippen LogP contribution in [0.4, 0.5) is 11.5 Å². The highest BCUT2D eigenvalue weighted by Gasteiger charge is 2.07. The van der Waals surface area contributed by atoms with Crippen LogP contribution >= 0.6 is 0 Å². The number of aromatic nitrogens is 2. The molecule has 0 saturated heterocycles. The van der Waals surface area contributed by atoms with E-state index in [1.807, 2.05) is 0 Å². The molecule has 7 heteroatoms. The molecule has 0 saturated carbocycles. The molecule has 2 aromatic rings. The van der Waals surface area contributed by atoms with Crippen molar-refractivity contribution in [3.8, 4) is 0 Å². The monoisotopic (exact) mass is 288 g/mol. The Morgan fingerprint density at radius 1 is 1.24 bits per heavy atom. The van der Waals surface area contributed by atoms with E-state index in [0.29, 0.717) is 5.69 Å². The second kappa shape index (κ2) is 5.66. The summed E-state index contributed by atoms with van der Waals surface area (Å²) in [7, 11) is 1.40. The Morgan fingerprint density at radius 3 is 2.43 bits per heavy atom. The number of hydrogen-bond donors (Lipinski definition) is 2. The lowest BCUT2D eigenvalue weighted by Crippen LogP contribution is -2.38. The second-order valence-corrected chi connectivity index (χ2v) is 4.71. The van der Waals surface area contributed by atoms with E-state index in [4.69, 9.17) is 5.73 Å². The summed E-state index contributed by atoms with van der Waals surface area (Å²) in [6.45, 7) is 1.68. The summed E-state index contributed by atoms with van der Waals surface area (Å²) >= 11 is 0. The average molecular weight is 288 g/mol. The zero-order valence-corrected chi connectivity index (χ0v) is 11.8. The van der Waals surface area contributed by atoms with Gasteiger partial charge in [-0.05, 0) is 17.7 Å². The fourth-order valence-electron chi connectivity index (χ4n) is 1.93. The third-order valence-electron chi connectivity index (χ3n) is 3.05. The second-order valence-electron chi connectivity index (χ2n) is 4.71. The van der Waals surface area contributed by atoms with E-state index in [-0.39, 0.29) is 18.3 Å². The van der Waals surface area contributed by atoms with Crippen molar-refractivity contribution in [1.29, 1.82) is 0 Å². The molecule has 3 N–H and O–H groups in total. The number of nitrogens with two attached hydrogens (primary N) is 1. The molecule has 0 bridgehead atoms. The molecule has 1 aromatic carbocycles. The van der Waals surface area contributed by atoms with Crippen molar-refractivity contribution in [2.45, 2.75) is 13.5 Å². The van der Waals surface area contributed by atoms with Gasteiger partial charge in [0.1, 0.15) is 5.82 Å². The fraction of sp³-hybridized carbons (Fsp3) is 0.214. The zero-order chi connectivity index (χ0) is 15.6. The molecule has 2 rings (SSSR count). The fourth-order valence-corrected chi connectivity index (χ4v) is 1.93. The van der Waals surface area contributed by atoms with E-state index in [1.54, 1.807) is 24.3 Å². The number of benzene rings is 1. The van der Waals surface area contributed by atoms with Gasteiger partial charge < -0.3 is 11.1 Å². The number of anilines is 2. The molecule has 1 amide bonds. The van der Waals surface area contributed by atoms with Crippen LogP contribution in [0.15, 0.2) is 39.9 Å². The number of rotatable bonds is 3. The van der Waals surface area contributed by atoms with Crippen molar-refractivity contribution in [3.63, 3.8) is 0 Å². The van der Waals surface area contributed by atoms with Crippen molar-refractivity contribution in [3.05, 3.63) is 56.7 Å². The van der Waals surface area contributed by atoms with Gasteiger partial charge in [0.05, 0.1) is 6.54 Å². The Hall–Kier alpha value is -2.83. The maximum absolute atomic E-state index is 12.0. The number of carbonyl (C=O) groups is 1. The summed E-state index contributed by atoms with van der Waals surface area (Å²) in [5.41, 5.74) is 6.33. The molecular formula is C14H16N4O3. The minimum absolute atomic E-state index is 0.119. The lowest BCUT2D eigenvalue weighted by atomic mass is 10.2. The van der Waals surface area contributed by atoms with Gasteiger partial charge in [-0.2, -0.15) is 0 Å². The number of hydrogen-bond acceptors (Lipinski definition) is 4. The normalized spacial score (nSPS) is 10.4. The van der Waals surface area contributed by atoms with Gasteiger partial charge >= 0.3 is 5.69 Å². The standard InChI is InChI=1S/C14H16N4O3/c1-9(19)16-11-5-3-10(4-6-11)8-18-12(15)7-13(20)17(2)14(18)21/h3-7H,8,15H2,1-2H3,(H,16,19). The summed E-state index contributed by atoms with van der Waals surface area (Å²) in [5, 5.41) is 2.66. The predicted molar refractivity (Wildman–Crippen MR) is 80.2 cm³/mol. The summed E-state index contributed by atoms with van der Waals surface area (Å²) < 4.78 is 2.32. The van der Waals surface area contributed by atoms with Crippen LogP contribution in [0.3, 0.4) is 0 Å². The Morgan fingerprint density at radius 2 is 1.86 bits per heavy atom. The lowest BCUT2D eigenvalue weighted by Gasteiger charge is -2.11. The Kier molecular flexibility index (Phi) is 3.93. The van der Waals surface area contributed by atoms with Crippen LogP contribution in [-0.4, -0.2) is 15.0 Å². The van der Waals surface area contributed by atoms with E-state index in [0.717, 1.165) is 10.1 Å². The van der Waals surface area contributed by atoms with Crippen molar-refractivity contribution in [2.24, 2.45) is 7.05 Å². The minimum Gasteiger partial charge on any atom is -0.385 e. The summed E-state index contributed by atoms with van der Waals surface area (Å²) in [6.07, 6.45) is 0. The van der Waals surface area contributed by atoms with Crippen LogP contribution in [-0.2, 0) is 18.4 Å². The van der Waals surface area contributed by atoms with Gasteiger partial charge in [-0.1, -0.05) is 12.1 Å². The van der Waals surface area contributed by atoms with E-state index in [9.17, 15) is 14.4 Å². The molecule has 0 aliphatic rings. The smallest absolute Gasteiger partial charge is 0.332 e. The van der Waals surface area contributed by atoms with Gasteiger partial charge in [0.15, 0.2) is 0 Å². The number of amides is 1. The third-order valence-corrected chi connectivity index (χ3v) is 3.05. The van der Waals surface area contributed by atoms with Gasteiger partial charge in [0.25, 0.3) is 5.56 Å². The van der Waals surface area contributed by atoms with Crippen LogP contribution in [0.5, 0.6) is 0 Å². The van der Waals surface area contributed by atoms with Crippen LogP contribution in [0, 0.1) is 0 Å². The van der Waals surface area contributed by atoms with Crippen LogP contribution in [0.1, 0.15) is 12.5 Å². The molecule has 1 aromatic heterocycles. The van der Waals surface area contributed by atoms with Gasteiger partial charge in [-0.3, -0.25) is 18.7 Å². The van der Waals surface area contributed by atoms with E-state index in [1.165, 1.54) is 24.6 Å². The van der Waals surface area contributed by atoms with Crippen LogP contribution in [0.25, 0.3) is 0 Å². The van der Waals surface area contributed by atoms with Gasteiger partial charge in [0.2, 0.25) is 5.91 Å². The Balaban J connectivity index is 2.31. The molecule has 21 heavy (non-hydrogen) atoms. The molecule has 110 valence electrons. The first-order valence-electron chi connectivity index (χ1n) is 6.31. The quantitative estimate of drug-likeness (QED) is 0.839. The van der Waals surface area contributed by atoms with Gasteiger partial charge in [0, 0.05) is 25.7 Å². The largest absolute Gasteiger partial charge is 0.385 e. The molecule has 0 atom stereocenters. The number of nitrogen functional groups attached to an aromatic ring is 1. The highest BCUT2D eigenvalue weighted by Crippen LogP contribution is 2.11. The van der Waals surface area contributed by atoms with Crippen LogP contribution in [0.2, 0.25) is 0 Å². The summed E-state index contributed by atoms with van der Waals surface area (Å²) in [5.74, 6) is -0.0321.